The molecule has 0 aliphatic heterocycles. The van der Waals surface area contributed by atoms with Crippen LogP contribution in [-0.4, -0.2) is 22.5 Å². The fourth-order valence-electron chi connectivity index (χ4n) is 1.77. The number of hydrogen-bond donors (Lipinski definition) is 1. The summed E-state index contributed by atoms with van der Waals surface area (Å²) in [4.78, 5) is 29.7. The third-order valence-electron chi connectivity index (χ3n) is 2.81. The summed E-state index contributed by atoms with van der Waals surface area (Å²) in [6, 6.07) is 1.71. The molecule has 20 heavy (non-hydrogen) atoms. The van der Waals surface area contributed by atoms with Gasteiger partial charge in [0.1, 0.15) is 11.6 Å². The summed E-state index contributed by atoms with van der Waals surface area (Å²) in [6.45, 7) is 3.27. The van der Waals surface area contributed by atoms with Crippen LogP contribution < -0.4 is 5.56 Å². The van der Waals surface area contributed by atoms with Crippen molar-refractivity contribution < 1.29 is 18.3 Å². The summed E-state index contributed by atoms with van der Waals surface area (Å²) in [6.07, 6.45) is 0. The van der Waals surface area contributed by atoms with E-state index < -0.39 is 29.1 Å². The van der Waals surface area contributed by atoms with Gasteiger partial charge in [0, 0.05) is 12.1 Å². The molecule has 0 spiro atoms. The van der Waals surface area contributed by atoms with Gasteiger partial charge in [0.05, 0.1) is 17.6 Å². The van der Waals surface area contributed by atoms with Crippen molar-refractivity contribution in [1.82, 2.24) is 9.97 Å². The number of ether oxygens (including phenoxy) is 1. The van der Waals surface area contributed by atoms with Crippen LogP contribution >= 0.6 is 0 Å². The molecule has 0 bridgehead atoms. The zero-order valence-electron chi connectivity index (χ0n) is 10.9. The van der Waals surface area contributed by atoms with E-state index in [2.05, 4.69) is 9.97 Å². The number of rotatable bonds is 3. The number of nitrogens with one attached hydrogen (secondary N) is 1. The lowest BCUT2D eigenvalue weighted by Gasteiger charge is -2.10. The molecule has 0 saturated heterocycles. The quantitative estimate of drug-likeness (QED) is 0.872. The summed E-state index contributed by atoms with van der Waals surface area (Å²) >= 11 is 0. The maximum atomic E-state index is 13.2. The molecule has 0 aliphatic rings. The van der Waals surface area contributed by atoms with Crippen molar-refractivity contribution in [3.63, 3.8) is 0 Å². The highest BCUT2D eigenvalue weighted by atomic mass is 19.2. The molecule has 1 atom stereocenters. The van der Waals surface area contributed by atoms with Gasteiger partial charge in [-0.2, -0.15) is 0 Å². The van der Waals surface area contributed by atoms with Crippen LogP contribution in [0.25, 0.3) is 11.0 Å². The first-order valence-electron chi connectivity index (χ1n) is 5.99. The Bertz CT molecular complexity index is 727. The van der Waals surface area contributed by atoms with Crippen molar-refractivity contribution in [3.8, 4) is 0 Å². The van der Waals surface area contributed by atoms with Crippen molar-refractivity contribution in [2.75, 3.05) is 6.61 Å². The van der Waals surface area contributed by atoms with Crippen molar-refractivity contribution in [3.05, 3.63) is 39.8 Å². The summed E-state index contributed by atoms with van der Waals surface area (Å²) in [5, 5.41) is 0. The Morgan fingerprint density at radius 2 is 2.05 bits per heavy atom. The summed E-state index contributed by atoms with van der Waals surface area (Å²) in [5.74, 6) is -3.66. The molecule has 0 radical (unpaired) electrons. The Kier molecular flexibility index (Phi) is 3.78. The molecule has 0 amide bonds. The average molecular weight is 282 g/mol. The summed E-state index contributed by atoms with van der Waals surface area (Å²) in [5.41, 5.74) is -0.602. The van der Waals surface area contributed by atoms with E-state index in [0.29, 0.717) is 0 Å². The largest absolute Gasteiger partial charge is 0.465 e. The van der Waals surface area contributed by atoms with Gasteiger partial charge in [-0.1, -0.05) is 0 Å². The second-order valence-corrected chi connectivity index (χ2v) is 4.21. The zero-order valence-corrected chi connectivity index (χ0v) is 10.9. The van der Waals surface area contributed by atoms with Gasteiger partial charge in [-0.15, -0.1) is 0 Å². The van der Waals surface area contributed by atoms with Gasteiger partial charge in [0.25, 0.3) is 5.56 Å². The lowest BCUT2D eigenvalue weighted by Crippen LogP contribution is -2.23. The number of hydrogen-bond acceptors (Lipinski definition) is 4. The molecule has 2 rings (SSSR count). The van der Waals surface area contributed by atoms with E-state index in [1.165, 1.54) is 6.92 Å². The molecular formula is C13H12F2N2O3. The van der Waals surface area contributed by atoms with Crippen LogP contribution in [0, 0.1) is 11.6 Å². The summed E-state index contributed by atoms with van der Waals surface area (Å²) < 4.78 is 31.0. The number of aromatic amines is 1. The van der Waals surface area contributed by atoms with Crippen molar-refractivity contribution in [2.45, 2.75) is 19.8 Å². The monoisotopic (exact) mass is 282 g/mol. The minimum absolute atomic E-state index is 0.0636. The number of benzene rings is 1. The maximum Gasteiger partial charge on any atom is 0.314 e. The van der Waals surface area contributed by atoms with Crippen molar-refractivity contribution in [1.29, 1.82) is 0 Å². The fraction of sp³-hybridized carbons (Fsp3) is 0.308. The Morgan fingerprint density at radius 3 is 2.70 bits per heavy atom. The molecule has 0 aliphatic carbocycles. The van der Waals surface area contributed by atoms with Crippen LogP contribution in [0.5, 0.6) is 0 Å². The smallest absolute Gasteiger partial charge is 0.314 e. The van der Waals surface area contributed by atoms with E-state index >= 15 is 0 Å². The summed E-state index contributed by atoms with van der Waals surface area (Å²) in [7, 11) is 0. The molecule has 0 saturated carbocycles. The highest BCUT2D eigenvalue weighted by Gasteiger charge is 2.22. The van der Waals surface area contributed by atoms with Crippen LogP contribution in [0.15, 0.2) is 16.9 Å². The van der Waals surface area contributed by atoms with E-state index in [4.69, 9.17) is 4.74 Å². The predicted molar refractivity (Wildman–Crippen MR) is 67.3 cm³/mol. The molecule has 1 aromatic carbocycles. The van der Waals surface area contributed by atoms with E-state index in [-0.39, 0.29) is 23.3 Å². The van der Waals surface area contributed by atoms with Gasteiger partial charge < -0.3 is 9.72 Å². The standard InChI is InChI=1S/C13H12F2N2O3/c1-3-20-13(19)6(2)11-12(18)17-10-5-8(15)7(14)4-9(10)16-11/h4-6H,3H2,1-2H3,(H,17,18). The molecule has 1 aromatic heterocycles. The highest BCUT2D eigenvalue weighted by molar-refractivity contribution is 5.79. The zero-order chi connectivity index (χ0) is 14.9. The Labute approximate surface area is 112 Å². The predicted octanol–water partition coefficient (Wildman–Crippen LogP) is 1.87. The number of fused-ring (bicyclic) bond motifs is 1. The number of H-pyrrole nitrogens is 1. The van der Waals surface area contributed by atoms with Crippen LogP contribution in [-0.2, 0) is 9.53 Å². The third kappa shape index (κ3) is 2.52. The van der Waals surface area contributed by atoms with Gasteiger partial charge in [0.2, 0.25) is 0 Å². The Balaban J connectivity index is 2.55. The molecule has 1 heterocycles. The first-order valence-corrected chi connectivity index (χ1v) is 5.99. The lowest BCUT2D eigenvalue weighted by molar-refractivity contribution is -0.144. The van der Waals surface area contributed by atoms with E-state index in [1.54, 1.807) is 6.92 Å². The molecule has 7 heteroatoms. The van der Waals surface area contributed by atoms with E-state index in [1.807, 2.05) is 0 Å². The van der Waals surface area contributed by atoms with Crippen LogP contribution in [0.1, 0.15) is 25.5 Å². The number of esters is 1. The molecule has 2 aromatic rings. The van der Waals surface area contributed by atoms with E-state index in [9.17, 15) is 18.4 Å². The number of nitrogens with zero attached hydrogens (tertiary/aromatic N) is 1. The molecular weight excluding hydrogens is 270 g/mol. The lowest BCUT2D eigenvalue weighted by atomic mass is 10.1. The second-order valence-electron chi connectivity index (χ2n) is 4.21. The SMILES string of the molecule is CCOC(=O)C(C)c1nc2cc(F)c(F)cc2[nH]c1=O. The van der Waals surface area contributed by atoms with Crippen molar-refractivity contribution in [2.24, 2.45) is 0 Å². The first kappa shape index (κ1) is 14.1. The highest BCUT2D eigenvalue weighted by Crippen LogP contribution is 2.17. The van der Waals surface area contributed by atoms with Crippen LogP contribution in [0.2, 0.25) is 0 Å². The Morgan fingerprint density at radius 1 is 1.40 bits per heavy atom. The van der Waals surface area contributed by atoms with Gasteiger partial charge in [-0.05, 0) is 13.8 Å². The van der Waals surface area contributed by atoms with Crippen molar-refractivity contribution >= 4 is 17.0 Å². The van der Waals surface area contributed by atoms with E-state index in [0.717, 1.165) is 12.1 Å². The second kappa shape index (κ2) is 5.36. The average Bonchev–Trinajstić information content (AvgIpc) is 2.39. The number of halogens is 2. The first-order chi connectivity index (χ1) is 9.43. The molecule has 1 unspecified atom stereocenters. The van der Waals surface area contributed by atoms with Gasteiger partial charge >= 0.3 is 5.97 Å². The molecule has 5 nitrogen and oxygen atoms in total. The van der Waals surface area contributed by atoms with Gasteiger partial charge in [-0.25, -0.2) is 13.8 Å². The molecule has 0 fully saturated rings. The number of carbonyl (C=O) groups excluding carboxylic acids is 1. The Hall–Kier alpha value is -2.31. The molecule has 1 N–H and O–H groups in total. The minimum atomic E-state index is -1.08. The van der Waals surface area contributed by atoms with Gasteiger partial charge in [-0.3, -0.25) is 9.59 Å². The minimum Gasteiger partial charge on any atom is -0.465 e. The topological polar surface area (TPSA) is 72.0 Å². The maximum absolute atomic E-state index is 13.2. The number of aromatic nitrogens is 2. The van der Waals surface area contributed by atoms with Gasteiger partial charge in [0.15, 0.2) is 11.6 Å². The third-order valence-corrected chi connectivity index (χ3v) is 2.81. The molecule has 106 valence electrons. The van der Waals surface area contributed by atoms with Crippen LogP contribution in [0.3, 0.4) is 0 Å². The normalized spacial score (nSPS) is 12.4. The fourth-order valence-corrected chi connectivity index (χ4v) is 1.77. The van der Waals surface area contributed by atoms with Crippen LogP contribution in [0.4, 0.5) is 8.78 Å². The number of carbonyl (C=O) groups is 1.